The zero-order valence-corrected chi connectivity index (χ0v) is 13.1. The SMILES string of the molecule is COCC(N)C(=O)N1CCC(c2cn[nH]c2)CC1.Cl.Cl. The van der Waals surface area contributed by atoms with E-state index in [0.29, 0.717) is 5.92 Å². The second kappa shape index (κ2) is 9.18. The molecule has 1 fully saturated rings. The van der Waals surface area contributed by atoms with Crippen LogP contribution < -0.4 is 5.73 Å². The summed E-state index contributed by atoms with van der Waals surface area (Å²) < 4.78 is 4.91. The van der Waals surface area contributed by atoms with E-state index in [1.54, 1.807) is 7.11 Å². The van der Waals surface area contributed by atoms with E-state index in [1.807, 2.05) is 17.3 Å². The van der Waals surface area contributed by atoms with Gasteiger partial charge >= 0.3 is 0 Å². The van der Waals surface area contributed by atoms with Crippen LogP contribution in [0.15, 0.2) is 12.4 Å². The van der Waals surface area contributed by atoms with Crippen molar-refractivity contribution in [2.24, 2.45) is 5.73 Å². The average molecular weight is 325 g/mol. The van der Waals surface area contributed by atoms with E-state index in [-0.39, 0.29) is 37.3 Å². The summed E-state index contributed by atoms with van der Waals surface area (Å²) in [5.74, 6) is 0.481. The Morgan fingerprint density at radius 2 is 2.20 bits per heavy atom. The first-order valence-electron chi connectivity index (χ1n) is 6.24. The fourth-order valence-electron chi connectivity index (χ4n) is 2.40. The van der Waals surface area contributed by atoms with Crippen molar-refractivity contribution in [1.29, 1.82) is 0 Å². The minimum absolute atomic E-state index is 0. The van der Waals surface area contributed by atoms with E-state index in [1.165, 1.54) is 5.56 Å². The molecule has 2 rings (SSSR count). The van der Waals surface area contributed by atoms with E-state index < -0.39 is 6.04 Å². The van der Waals surface area contributed by atoms with Gasteiger partial charge in [-0.25, -0.2) is 0 Å². The average Bonchev–Trinajstić information content (AvgIpc) is 2.92. The van der Waals surface area contributed by atoms with E-state index in [4.69, 9.17) is 10.5 Å². The highest BCUT2D eigenvalue weighted by molar-refractivity contribution is 5.85. The van der Waals surface area contributed by atoms with Gasteiger partial charge in [0, 0.05) is 26.4 Å². The number of hydrogen-bond acceptors (Lipinski definition) is 4. The Morgan fingerprint density at radius 3 is 2.70 bits per heavy atom. The third kappa shape index (κ3) is 4.63. The number of carbonyl (C=O) groups excluding carboxylic acids is 1. The van der Waals surface area contributed by atoms with Crippen LogP contribution in [0, 0.1) is 0 Å². The highest BCUT2D eigenvalue weighted by Gasteiger charge is 2.27. The molecule has 0 radical (unpaired) electrons. The zero-order valence-electron chi connectivity index (χ0n) is 11.4. The van der Waals surface area contributed by atoms with Gasteiger partial charge in [-0.3, -0.25) is 9.89 Å². The highest BCUT2D eigenvalue weighted by Crippen LogP contribution is 2.27. The molecule has 0 bridgehead atoms. The van der Waals surface area contributed by atoms with Crippen LogP contribution in [0.5, 0.6) is 0 Å². The van der Waals surface area contributed by atoms with E-state index in [2.05, 4.69) is 10.2 Å². The number of nitrogens with zero attached hydrogens (tertiary/aromatic N) is 2. The number of aromatic amines is 1. The lowest BCUT2D eigenvalue weighted by atomic mass is 9.91. The largest absolute Gasteiger partial charge is 0.383 e. The molecule has 1 aliphatic rings. The van der Waals surface area contributed by atoms with Crippen LogP contribution in [0.1, 0.15) is 24.3 Å². The molecule has 0 aromatic carbocycles. The van der Waals surface area contributed by atoms with Gasteiger partial charge in [-0.2, -0.15) is 5.10 Å². The number of nitrogens with one attached hydrogen (secondary N) is 1. The maximum Gasteiger partial charge on any atom is 0.241 e. The number of H-pyrrole nitrogens is 1. The smallest absolute Gasteiger partial charge is 0.241 e. The quantitative estimate of drug-likeness (QED) is 0.863. The van der Waals surface area contributed by atoms with Crippen LogP contribution in [-0.4, -0.2) is 53.9 Å². The van der Waals surface area contributed by atoms with Crippen LogP contribution in [-0.2, 0) is 9.53 Å². The van der Waals surface area contributed by atoms with Crippen LogP contribution in [0.25, 0.3) is 0 Å². The first-order chi connectivity index (χ1) is 8.72. The van der Waals surface area contributed by atoms with Gasteiger partial charge in [-0.15, -0.1) is 24.8 Å². The number of nitrogens with two attached hydrogens (primary N) is 1. The molecule has 116 valence electrons. The highest BCUT2D eigenvalue weighted by atomic mass is 35.5. The van der Waals surface area contributed by atoms with Gasteiger partial charge in [-0.1, -0.05) is 0 Å². The zero-order chi connectivity index (χ0) is 13.0. The second-order valence-electron chi connectivity index (χ2n) is 4.69. The van der Waals surface area contributed by atoms with Crippen LogP contribution in [0.4, 0.5) is 0 Å². The molecule has 1 amide bonds. The number of methoxy groups -OCH3 is 1. The maximum atomic E-state index is 12.0. The number of hydrogen-bond donors (Lipinski definition) is 2. The van der Waals surface area contributed by atoms with Crippen molar-refractivity contribution in [2.45, 2.75) is 24.8 Å². The summed E-state index contributed by atoms with van der Waals surface area (Å²) in [5, 5.41) is 6.79. The molecule has 0 spiro atoms. The summed E-state index contributed by atoms with van der Waals surface area (Å²) in [6.07, 6.45) is 5.72. The monoisotopic (exact) mass is 324 g/mol. The van der Waals surface area contributed by atoms with Crippen LogP contribution >= 0.6 is 24.8 Å². The minimum atomic E-state index is -0.541. The first kappa shape index (κ1) is 19.2. The summed E-state index contributed by atoms with van der Waals surface area (Å²) in [4.78, 5) is 13.8. The number of halogens is 2. The van der Waals surface area contributed by atoms with Crippen molar-refractivity contribution < 1.29 is 9.53 Å². The Hall–Kier alpha value is -0.820. The minimum Gasteiger partial charge on any atom is -0.383 e. The van der Waals surface area contributed by atoms with Crippen molar-refractivity contribution in [3.8, 4) is 0 Å². The summed E-state index contributed by atoms with van der Waals surface area (Å²) in [6, 6.07) is -0.541. The molecule has 6 nitrogen and oxygen atoms in total. The molecule has 1 aromatic rings. The Bertz CT molecular complexity index is 381. The summed E-state index contributed by atoms with van der Waals surface area (Å²) in [5.41, 5.74) is 6.98. The molecular weight excluding hydrogens is 303 g/mol. The van der Waals surface area contributed by atoms with Crippen molar-refractivity contribution in [3.63, 3.8) is 0 Å². The van der Waals surface area contributed by atoms with Gasteiger partial charge in [0.05, 0.1) is 12.8 Å². The van der Waals surface area contributed by atoms with Gasteiger partial charge in [0.2, 0.25) is 5.91 Å². The number of aromatic nitrogens is 2. The fraction of sp³-hybridized carbons (Fsp3) is 0.667. The molecule has 0 saturated carbocycles. The lowest BCUT2D eigenvalue weighted by Gasteiger charge is -2.33. The van der Waals surface area contributed by atoms with E-state index in [9.17, 15) is 4.79 Å². The normalized spacial score (nSPS) is 17.0. The molecule has 0 aliphatic carbocycles. The van der Waals surface area contributed by atoms with Gasteiger partial charge in [0.25, 0.3) is 0 Å². The molecule has 3 N–H and O–H groups in total. The molecule has 1 saturated heterocycles. The summed E-state index contributed by atoms with van der Waals surface area (Å²) >= 11 is 0. The number of amides is 1. The number of carbonyl (C=O) groups is 1. The molecule has 1 unspecified atom stereocenters. The molecule has 1 aromatic heterocycles. The third-order valence-electron chi connectivity index (χ3n) is 3.46. The Labute approximate surface area is 131 Å². The number of ether oxygens (including phenoxy) is 1. The molecular formula is C12H22Cl2N4O2. The van der Waals surface area contributed by atoms with Crippen LogP contribution in [0.2, 0.25) is 0 Å². The van der Waals surface area contributed by atoms with Crippen molar-refractivity contribution in [2.75, 3.05) is 26.8 Å². The van der Waals surface area contributed by atoms with E-state index in [0.717, 1.165) is 25.9 Å². The van der Waals surface area contributed by atoms with Gasteiger partial charge in [0.1, 0.15) is 6.04 Å². The standard InChI is InChI=1S/C12H20N4O2.2ClH/c1-18-8-11(13)12(17)16-4-2-9(3-5-16)10-6-14-15-7-10;;/h6-7,9,11H,2-5,8,13H2,1H3,(H,14,15);2*1H. The summed E-state index contributed by atoms with van der Waals surface area (Å²) in [7, 11) is 1.55. The Kier molecular flexibility index (Phi) is 8.80. The topological polar surface area (TPSA) is 84.2 Å². The number of piperidine rings is 1. The van der Waals surface area contributed by atoms with Gasteiger partial charge < -0.3 is 15.4 Å². The van der Waals surface area contributed by atoms with Crippen molar-refractivity contribution in [3.05, 3.63) is 18.0 Å². The lowest BCUT2D eigenvalue weighted by molar-refractivity contribution is -0.134. The predicted octanol–water partition coefficient (Wildman–Crippen LogP) is 0.933. The van der Waals surface area contributed by atoms with Gasteiger partial charge in [0.15, 0.2) is 0 Å². The second-order valence-corrected chi connectivity index (χ2v) is 4.69. The van der Waals surface area contributed by atoms with Crippen molar-refractivity contribution >= 4 is 30.7 Å². The summed E-state index contributed by atoms with van der Waals surface area (Å²) in [6.45, 7) is 1.79. The predicted molar refractivity (Wildman–Crippen MR) is 81.5 cm³/mol. The third-order valence-corrected chi connectivity index (χ3v) is 3.46. The molecule has 20 heavy (non-hydrogen) atoms. The molecule has 2 heterocycles. The molecule has 1 aliphatic heterocycles. The van der Waals surface area contributed by atoms with Gasteiger partial charge in [-0.05, 0) is 24.3 Å². The lowest BCUT2D eigenvalue weighted by Crippen LogP contribution is -2.48. The fourth-order valence-corrected chi connectivity index (χ4v) is 2.40. The Balaban J connectivity index is 0.00000180. The molecule has 1 atom stereocenters. The Morgan fingerprint density at radius 1 is 1.55 bits per heavy atom. The first-order valence-corrected chi connectivity index (χ1v) is 6.24. The van der Waals surface area contributed by atoms with Crippen LogP contribution in [0.3, 0.4) is 0 Å². The molecule has 8 heteroatoms. The van der Waals surface area contributed by atoms with E-state index >= 15 is 0 Å². The number of likely N-dealkylation sites (tertiary alicyclic amines) is 1. The maximum absolute atomic E-state index is 12.0. The number of rotatable bonds is 4. The van der Waals surface area contributed by atoms with Crippen molar-refractivity contribution in [1.82, 2.24) is 15.1 Å².